The molecule has 0 unspecified atom stereocenters. The molecular formula is C27H35FN6O3. The monoisotopic (exact) mass is 510 g/mol. The molecule has 1 spiro atoms. The van der Waals surface area contributed by atoms with E-state index in [2.05, 4.69) is 29.0 Å². The van der Waals surface area contributed by atoms with Gasteiger partial charge in [-0.2, -0.15) is 4.98 Å². The van der Waals surface area contributed by atoms with E-state index in [1.54, 1.807) is 19.2 Å². The number of likely N-dealkylation sites (tertiary alicyclic amines) is 1. The van der Waals surface area contributed by atoms with Crippen LogP contribution in [-0.4, -0.2) is 77.8 Å². The van der Waals surface area contributed by atoms with Crippen molar-refractivity contribution >= 4 is 23.8 Å². The lowest BCUT2D eigenvalue weighted by molar-refractivity contribution is -0.121. The summed E-state index contributed by atoms with van der Waals surface area (Å²) >= 11 is 0. The van der Waals surface area contributed by atoms with Crippen molar-refractivity contribution in [2.75, 3.05) is 49.6 Å². The quantitative estimate of drug-likeness (QED) is 0.589. The number of hydrogen-bond acceptors (Lipinski definition) is 6. The third-order valence-electron chi connectivity index (χ3n) is 7.91. The van der Waals surface area contributed by atoms with Crippen LogP contribution >= 0.6 is 0 Å². The highest BCUT2D eigenvalue weighted by Gasteiger charge is 2.50. The molecule has 4 heterocycles. The number of halogens is 1. The van der Waals surface area contributed by atoms with Crippen LogP contribution in [0, 0.1) is 17.2 Å². The van der Waals surface area contributed by atoms with E-state index >= 15 is 4.39 Å². The number of hydrogen-bond donors (Lipinski definition) is 2. The predicted octanol–water partition coefficient (Wildman–Crippen LogP) is 3.39. The number of amides is 2. The highest BCUT2D eigenvalue weighted by atomic mass is 19.1. The average Bonchev–Trinajstić information content (AvgIpc) is 3.47. The molecule has 198 valence electrons. The first-order valence-corrected chi connectivity index (χ1v) is 13.1. The summed E-state index contributed by atoms with van der Waals surface area (Å²) in [4.78, 5) is 39.4. The van der Waals surface area contributed by atoms with Crippen LogP contribution in [0.2, 0.25) is 0 Å². The second kappa shape index (κ2) is 9.79. The Hall–Kier alpha value is -3.43. The molecular weight excluding hydrogens is 475 g/mol. The summed E-state index contributed by atoms with van der Waals surface area (Å²) in [7, 11) is 1.65. The van der Waals surface area contributed by atoms with E-state index < -0.39 is 6.09 Å². The molecule has 2 fully saturated rings. The third kappa shape index (κ3) is 4.81. The number of rotatable bonds is 7. The fourth-order valence-corrected chi connectivity index (χ4v) is 6.08. The number of aromatic nitrogens is 2. The summed E-state index contributed by atoms with van der Waals surface area (Å²) in [5, 5.41) is 12.0. The van der Waals surface area contributed by atoms with Crippen LogP contribution in [0.5, 0.6) is 0 Å². The summed E-state index contributed by atoms with van der Waals surface area (Å²) in [5.41, 5.74) is 1.88. The molecule has 10 heteroatoms. The molecule has 3 aliphatic rings. The number of carbonyl (C=O) groups is 2. The second-order valence-electron chi connectivity index (χ2n) is 11.1. The normalized spacial score (nSPS) is 18.8. The van der Waals surface area contributed by atoms with Crippen molar-refractivity contribution in [1.82, 2.24) is 20.2 Å². The average molecular weight is 511 g/mol. The number of carbonyl (C=O) groups excluding carboxylic acids is 1. The van der Waals surface area contributed by atoms with Gasteiger partial charge in [0, 0.05) is 68.8 Å². The van der Waals surface area contributed by atoms with E-state index in [0.29, 0.717) is 62.1 Å². The van der Waals surface area contributed by atoms with Gasteiger partial charge in [-0.15, -0.1) is 0 Å². The number of anilines is 2. The SMILES string of the molecule is CNC(=O)C[C@H](CC(C)C)N1CCc2c(-c3ccccc3F)nc(N3CCC4(CN(C(=O)O)C4)C3)nc21. The number of fused-ring (bicyclic) bond motifs is 1. The maximum Gasteiger partial charge on any atom is 0.407 e. The van der Waals surface area contributed by atoms with Gasteiger partial charge < -0.3 is 25.1 Å². The molecule has 37 heavy (non-hydrogen) atoms. The topological polar surface area (TPSA) is 102 Å². The standard InChI is InChI=1S/C27H35FN6O3/c1-17(2)12-18(13-22(35)29-3)34-10-8-20-23(19-6-4-5-7-21(19)28)30-25(31-24(20)34)32-11-9-27(14-32)15-33(16-27)26(36)37/h4-7,17-18H,8-16H2,1-3H3,(H,29,35)(H,36,37)/t18-/m0/s1. The summed E-state index contributed by atoms with van der Waals surface area (Å²) < 4.78 is 15.0. The van der Waals surface area contributed by atoms with E-state index in [9.17, 15) is 14.7 Å². The van der Waals surface area contributed by atoms with E-state index in [4.69, 9.17) is 9.97 Å². The van der Waals surface area contributed by atoms with Crippen molar-refractivity contribution in [2.45, 2.75) is 45.6 Å². The van der Waals surface area contributed by atoms with E-state index in [-0.39, 0.29) is 23.2 Å². The summed E-state index contributed by atoms with van der Waals surface area (Å²) in [5.74, 6) is 1.36. The Kier molecular flexibility index (Phi) is 6.68. The minimum atomic E-state index is -0.886. The van der Waals surface area contributed by atoms with Gasteiger partial charge in [-0.3, -0.25) is 4.79 Å². The maximum atomic E-state index is 15.0. The fraction of sp³-hybridized carbons (Fsp3) is 0.556. The molecule has 0 aliphatic carbocycles. The molecule has 0 bridgehead atoms. The smallest absolute Gasteiger partial charge is 0.407 e. The van der Waals surface area contributed by atoms with Crippen molar-refractivity contribution in [3.8, 4) is 11.3 Å². The molecule has 2 aromatic rings. The Labute approximate surface area is 216 Å². The number of nitrogens with zero attached hydrogens (tertiary/aromatic N) is 5. The Morgan fingerprint density at radius 2 is 1.92 bits per heavy atom. The van der Waals surface area contributed by atoms with Crippen LogP contribution < -0.4 is 15.1 Å². The highest BCUT2D eigenvalue weighted by Crippen LogP contribution is 2.43. The van der Waals surface area contributed by atoms with Gasteiger partial charge in [0.25, 0.3) is 0 Å². The van der Waals surface area contributed by atoms with Crippen molar-refractivity contribution in [1.29, 1.82) is 0 Å². The minimum absolute atomic E-state index is 0.0165. The van der Waals surface area contributed by atoms with Crippen LogP contribution in [0.15, 0.2) is 24.3 Å². The first-order chi connectivity index (χ1) is 17.7. The van der Waals surface area contributed by atoms with Crippen molar-refractivity contribution in [3.63, 3.8) is 0 Å². The minimum Gasteiger partial charge on any atom is -0.465 e. The van der Waals surface area contributed by atoms with Crippen molar-refractivity contribution in [2.24, 2.45) is 11.3 Å². The number of carboxylic acid groups (broad SMARTS) is 1. The Balaban J connectivity index is 1.53. The zero-order chi connectivity index (χ0) is 26.3. The van der Waals surface area contributed by atoms with Gasteiger partial charge in [0.1, 0.15) is 11.6 Å². The molecule has 5 rings (SSSR count). The van der Waals surface area contributed by atoms with Gasteiger partial charge in [-0.05, 0) is 37.3 Å². The largest absolute Gasteiger partial charge is 0.465 e. The molecule has 2 N–H and O–H groups in total. The molecule has 9 nitrogen and oxygen atoms in total. The molecule has 2 saturated heterocycles. The van der Waals surface area contributed by atoms with E-state index in [0.717, 1.165) is 30.8 Å². The lowest BCUT2D eigenvalue weighted by Gasteiger charge is -2.46. The Morgan fingerprint density at radius 1 is 1.16 bits per heavy atom. The van der Waals surface area contributed by atoms with Gasteiger partial charge in [0.2, 0.25) is 11.9 Å². The maximum absolute atomic E-state index is 15.0. The number of nitrogens with one attached hydrogen (secondary N) is 1. The third-order valence-corrected chi connectivity index (χ3v) is 7.91. The molecule has 1 aromatic carbocycles. The first-order valence-electron chi connectivity index (χ1n) is 13.1. The van der Waals surface area contributed by atoms with Crippen molar-refractivity contribution < 1.29 is 19.1 Å². The molecule has 0 radical (unpaired) electrons. The second-order valence-corrected chi connectivity index (χ2v) is 11.1. The van der Waals surface area contributed by atoms with Crippen LogP contribution in [0.4, 0.5) is 21.0 Å². The molecule has 2 amide bonds. The Morgan fingerprint density at radius 3 is 2.59 bits per heavy atom. The van der Waals surface area contributed by atoms with Gasteiger partial charge in [-0.25, -0.2) is 14.2 Å². The van der Waals surface area contributed by atoms with Crippen LogP contribution in [0.1, 0.15) is 38.7 Å². The predicted molar refractivity (Wildman–Crippen MR) is 139 cm³/mol. The highest BCUT2D eigenvalue weighted by molar-refractivity contribution is 5.78. The molecule has 1 atom stereocenters. The van der Waals surface area contributed by atoms with Crippen molar-refractivity contribution in [3.05, 3.63) is 35.6 Å². The van der Waals surface area contributed by atoms with E-state index in [1.807, 2.05) is 6.07 Å². The van der Waals surface area contributed by atoms with Gasteiger partial charge in [0.15, 0.2) is 0 Å². The molecule has 0 saturated carbocycles. The summed E-state index contributed by atoms with van der Waals surface area (Å²) in [6.45, 7) is 7.40. The number of benzene rings is 1. The van der Waals surface area contributed by atoms with Gasteiger partial charge >= 0.3 is 6.09 Å². The molecule has 1 aromatic heterocycles. The lowest BCUT2D eigenvalue weighted by Crippen LogP contribution is -2.59. The Bertz CT molecular complexity index is 1200. The fourth-order valence-electron chi connectivity index (χ4n) is 6.08. The zero-order valence-electron chi connectivity index (χ0n) is 21.7. The van der Waals surface area contributed by atoms with Crippen LogP contribution in [0.3, 0.4) is 0 Å². The zero-order valence-corrected chi connectivity index (χ0v) is 21.7. The first kappa shape index (κ1) is 25.2. The molecule has 3 aliphatic heterocycles. The summed E-state index contributed by atoms with van der Waals surface area (Å²) in [6, 6.07) is 6.65. The van der Waals surface area contributed by atoms with Gasteiger partial charge in [0.05, 0.1) is 5.69 Å². The van der Waals surface area contributed by atoms with E-state index in [1.165, 1.54) is 11.0 Å². The van der Waals surface area contributed by atoms with Crippen LogP contribution in [-0.2, 0) is 11.2 Å². The van der Waals surface area contributed by atoms with Gasteiger partial charge in [-0.1, -0.05) is 26.0 Å². The summed E-state index contributed by atoms with van der Waals surface area (Å²) in [6.07, 6.45) is 1.85. The van der Waals surface area contributed by atoms with Crippen LogP contribution in [0.25, 0.3) is 11.3 Å². The lowest BCUT2D eigenvalue weighted by atomic mass is 9.79.